The predicted octanol–water partition coefficient (Wildman–Crippen LogP) is 10.0. The number of phosphoric ester groups is 1. The van der Waals surface area contributed by atoms with E-state index in [1.807, 2.05) is 0 Å². The van der Waals surface area contributed by atoms with Gasteiger partial charge in [-0.05, 0) is 33.5 Å². The van der Waals surface area contributed by atoms with Gasteiger partial charge in [0.05, 0.1) is 6.61 Å². The van der Waals surface area contributed by atoms with E-state index >= 15 is 0 Å². The highest BCUT2D eigenvalue weighted by molar-refractivity contribution is 7.46. The number of phosphoric acid groups is 1. The number of hydrogen-bond acceptors (Lipinski definition) is 3. The van der Waals surface area contributed by atoms with Crippen molar-refractivity contribution >= 4 is 7.82 Å². The molecule has 0 rings (SSSR count). The Bertz CT molecular complexity index is 443. The van der Waals surface area contributed by atoms with E-state index in [1.54, 1.807) is 0 Å². The Morgan fingerprint density at radius 1 is 0.500 bits per heavy atom. The van der Waals surface area contributed by atoms with Crippen molar-refractivity contribution in [2.45, 2.75) is 168 Å². The molecule has 5 nitrogen and oxygen atoms in total. The summed E-state index contributed by atoms with van der Waals surface area (Å²) in [7, 11) is 0.0687. The molecule has 2 N–H and O–H groups in total. The highest BCUT2D eigenvalue weighted by Crippen LogP contribution is 2.35. The zero-order chi connectivity index (χ0) is 27.2. The molecule has 0 saturated carbocycles. The monoisotopic (exact) mass is 535 g/mol. The lowest BCUT2D eigenvalue weighted by molar-refractivity contribution is 0.193. The van der Waals surface area contributed by atoms with Crippen molar-refractivity contribution in [1.82, 2.24) is 4.90 Å². The minimum atomic E-state index is -4.25. The first-order valence-corrected chi connectivity index (χ1v) is 17.2. The van der Waals surface area contributed by atoms with Crippen molar-refractivity contribution in [3.8, 4) is 0 Å². The lowest BCUT2D eigenvalue weighted by atomic mass is 10.0. The molecule has 0 spiro atoms. The fraction of sp³-hybridized carbons (Fsp3) is 1.00. The van der Waals surface area contributed by atoms with Crippen LogP contribution < -0.4 is 0 Å². The van der Waals surface area contributed by atoms with E-state index in [0.717, 1.165) is 19.3 Å². The molecule has 0 fully saturated rings. The van der Waals surface area contributed by atoms with Gasteiger partial charge in [-0.15, -0.1) is 0 Å². The minimum Gasteiger partial charge on any atom is -0.309 e. The van der Waals surface area contributed by atoms with Crippen LogP contribution in [0.25, 0.3) is 0 Å². The summed E-state index contributed by atoms with van der Waals surface area (Å²) in [5, 5.41) is 0. The van der Waals surface area contributed by atoms with E-state index in [-0.39, 0.29) is 6.61 Å². The summed E-state index contributed by atoms with van der Waals surface area (Å²) in [5.74, 6) is 0. The van der Waals surface area contributed by atoms with Gasteiger partial charge in [0.1, 0.15) is 0 Å². The number of nitrogens with zero attached hydrogens (tertiary/aromatic N) is 1. The van der Waals surface area contributed by atoms with Crippen molar-refractivity contribution in [3.05, 3.63) is 0 Å². The lowest BCUT2D eigenvalue weighted by Crippen LogP contribution is -2.12. The van der Waals surface area contributed by atoms with Crippen molar-refractivity contribution in [2.24, 2.45) is 0 Å². The molecule has 0 bridgehead atoms. The molecule has 220 valence electrons. The molecule has 0 saturated heterocycles. The molecule has 0 amide bonds. The summed E-state index contributed by atoms with van der Waals surface area (Å²) in [6.45, 7) is 5.97. The van der Waals surface area contributed by atoms with Crippen LogP contribution in [0.4, 0.5) is 0 Å². The Labute approximate surface area is 226 Å². The van der Waals surface area contributed by atoms with Gasteiger partial charge < -0.3 is 14.7 Å². The third-order valence-electron chi connectivity index (χ3n) is 6.72. The predicted molar refractivity (Wildman–Crippen MR) is 159 cm³/mol. The molecule has 0 radical (unpaired) electrons. The molecule has 0 heterocycles. The van der Waals surface area contributed by atoms with Crippen LogP contribution in [-0.2, 0) is 9.09 Å². The Kier molecular flexibility index (Phi) is 33.2. The van der Waals surface area contributed by atoms with Crippen LogP contribution in [0.2, 0.25) is 0 Å². The topological polar surface area (TPSA) is 70.0 Å². The summed E-state index contributed by atoms with van der Waals surface area (Å²) >= 11 is 0. The van der Waals surface area contributed by atoms with Gasteiger partial charge in [0, 0.05) is 0 Å². The standard InChI is InChI=1S/C16H35O4P.C14H31N/c1-2-3-4-5-6-7-8-9-10-11-12-13-14-15-16-20-21(17,18)19;1-4-5-6-7-8-9-10-11-12-13-14-15(2)3/h2-16H2,1H3,(H2,17,18,19);4-14H2,1-3H3. The Balaban J connectivity index is 0. The van der Waals surface area contributed by atoms with Crippen LogP contribution in [0.5, 0.6) is 0 Å². The van der Waals surface area contributed by atoms with Gasteiger partial charge in [-0.2, -0.15) is 0 Å². The molecule has 0 aliphatic carbocycles. The molecule has 0 atom stereocenters. The Morgan fingerprint density at radius 2 is 0.778 bits per heavy atom. The van der Waals surface area contributed by atoms with Crippen molar-refractivity contribution in [2.75, 3.05) is 27.2 Å². The number of hydrogen-bond donors (Lipinski definition) is 2. The first-order valence-electron chi connectivity index (χ1n) is 15.7. The normalized spacial score (nSPS) is 11.6. The molecular weight excluding hydrogens is 469 g/mol. The van der Waals surface area contributed by atoms with Crippen LogP contribution in [-0.4, -0.2) is 41.9 Å². The second-order valence-corrected chi connectivity index (χ2v) is 12.1. The summed E-state index contributed by atoms with van der Waals surface area (Å²) < 4.78 is 14.8. The molecule has 0 aromatic carbocycles. The van der Waals surface area contributed by atoms with Crippen LogP contribution in [0.3, 0.4) is 0 Å². The molecular formula is C30H66NO4P. The average Bonchev–Trinajstić information content (AvgIpc) is 2.82. The quantitative estimate of drug-likeness (QED) is 0.0809. The highest BCUT2D eigenvalue weighted by atomic mass is 31.2. The second kappa shape index (κ2) is 31.3. The second-order valence-electron chi connectivity index (χ2n) is 10.9. The fourth-order valence-corrected chi connectivity index (χ4v) is 4.76. The summed E-state index contributed by atoms with van der Waals surface area (Å²) in [4.78, 5) is 19.3. The van der Waals surface area contributed by atoms with E-state index in [2.05, 4.69) is 37.4 Å². The van der Waals surface area contributed by atoms with Crippen molar-refractivity contribution < 1.29 is 18.9 Å². The Hall–Kier alpha value is 0.0700. The first-order chi connectivity index (χ1) is 17.3. The SMILES string of the molecule is CCCCCCCCCCCCCCCCOP(=O)(O)O.CCCCCCCCCCCCN(C)C. The Morgan fingerprint density at radius 3 is 1.06 bits per heavy atom. The molecule has 0 aliphatic heterocycles. The van der Waals surface area contributed by atoms with Gasteiger partial charge in [-0.3, -0.25) is 4.52 Å². The zero-order valence-electron chi connectivity index (χ0n) is 25.0. The maximum atomic E-state index is 10.4. The smallest absolute Gasteiger partial charge is 0.309 e. The largest absolute Gasteiger partial charge is 0.469 e. The highest BCUT2D eigenvalue weighted by Gasteiger charge is 2.12. The summed E-state index contributed by atoms with van der Waals surface area (Å²) in [5.41, 5.74) is 0. The summed E-state index contributed by atoms with van der Waals surface area (Å²) in [6, 6.07) is 0. The molecule has 0 aliphatic rings. The molecule has 0 aromatic heterocycles. The number of rotatable bonds is 27. The van der Waals surface area contributed by atoms with Gasteiger partial charge in [0.2, 0.25) is 0 Å². The average molecular weight is 536 g/mol. The van der Waals surface area contributed by atoms with Crippen LogP contribution in [0, 0.1) is 0 Å². The third kappa shape index (κ3) is 41.2. The molecule has 0 unspecified atom stereocenters. The van der Waals surface area contributed by atoms with Gasteiger partial charge in [-0.1, -0.05) is 155 Å². The minimum absolute atomic E-state index is 0.169. The van der Waals surface area contributed by atoms with Crippen molar-refractivity contribution in [3.63, 3.8) is 0 Å². The maximum Gasteiger partial charge on any atom is 0.469 e. The van der Waals surface area contributed by atoms with Crippen LogP contribution in [0.1, 0.15) is 168 Å². The van der Waals surface area contributed by atoms with Crippen LogP contribution >= 0.6 is 7.82 Å². The van der Waals surface area contributed by atoms with Crippen molar-refractivity contribution in [1.29, 1.82) is 0 Å². The zero-order valence-corrected chi connectivity index (χ0v) is 25.9. The van der Waals surface area contributed by atoms with E-state index in [4.69, 9.17) is 9.79 Å². The van der Waals surface area contributed by atoms with Gasteiger partial charge in [0.25, 0.3) is 0 Å². The van der Waals surface area contributed by atoms with Gasteiger partial charge in [-0.25, -0.2) is 4.57 Å². The van der Waals surface area contributed by atoms with E-state index < -0.39 is 7.82 Å². The maximum absolute atomic E-state index is 10.4. The first kappa shape index (κ1) is 38.2. The third-order valence-corrected chi connectivity index (χ3v) is 7.24. The van der Waals surface area contributed by atoms with Gasteiger partial charge >= 0.3 is 7.82 Å². The van der Waals surface area contributed by atoms with E-state index in [0.29, 0.717) is 0 Å². The summed E-state index contributed by atoms with van der Waals surface area (Å²) in [6.07, 6.45) is 32.1. The fourth-order valence-electron chi connectivity index (χ4n) is 4.40. The van der Waals surface area contributed by atoms with E-state index in [9.17, 15) is 4.57 Å². The number of unbranched alkanes of at least 4 members (excludes halogenated alkanes) is 22. The molecule has 6 heteroatoms. The lowest BCUT2D eigenvalue weighted by Gasteiger charge is -2.08. The molecule has 0 aromatic rings. The van der Waals surface area contributed by atoms with Crippen LogP contribution in [0.15, 0.2) is 0 Å². The molecule has 36 heavy (non-hydrogen) atoms. The van der Waals surface area contributed by atoms with E-state index in [1.165, 1.54) is 141 Å². The van der Waals surface area contributed by atoms with Gasteiger partial charge in [0.15, 0.2) is 0 Å².